The molecular weight excluding hydrogens is 268 g/mol. The molecule has 110 valence electrons. The van der Waals surface area contributed by atoms with Crippen LogP contribution in [0.4, 0.5) is 0 Å². The second-order valence-corrected chi connectivity index (χ2v) is 4.81. The summed E-state index contributed by atoms with van der Waals surface area (Å²) in [6.07, 6.45) is 0.598. The minimum Gasteiger partial charge on any atom is -0.456 e. The van der Waals surface area contributed by atoms with E-state index in [0.29, 0.717) is 29.2 Å². The molecule has 0 atom stereocenters. The number of ether oxygens (including phenoxy) is 1. The number of benzene rings is 1. The van der Waals surface area contributed by atoms with Crippen LogP contribution in [0, 0.1) is 13.8 Å². The molecule has 0 saturated carbocycles. The molecule has 0 unspecified atom stereocenters. The van der Waals surface area contributed by atoms with Gasteiger partial charge in [-0.1, -0.05) is 12.1 Å². The molecule has 5 heteroatoms. The first kappa shape index (κ1) is 15.0. The number of aliphatic hydroxyl groups excluding tert-OH is 1. The van der Waals surface area contributed by atoms with Crippen LogP contribution in [0.5, 0.6) is 11.5 Å². The maximum absolute atomic E-state index is 11.6. The van der Waals surface area contributed by atoms with Crippen molar-refractivity contribution in [3.05, 3.63) is 52.8 Å². The second-order valence-electron chi connectivity index (χ2n) is 4.81. The van der Waals surface area contributed by atoms with E-state index in [1.54, 1.807) is 25.1 Å². The minimum atomic E-state index is -0.563. The van der Waals surface area contributed by atoms with Gasteiger partial charge in [0.25, 0.3) is 5.91 Å². The number of amides is 1. The number of carbonyl (C=O) groups is 1. The maximum atomic E-state index is 11.6. The van der Waals surface area contributed by atoms with Crippen molar-refractivity contribution < 1.29 is 14.6 Å². The Morgan fingerprint density at radius 3 is 2.52 bits per heavy atom. The fourth-order valence-electron chi connectivity index (χ4n) is 2.15. The van der Waals surface area contributed by atoms with Gasteiger partial charge in [0.2, 0.25) is 0 Å². The SMILES string of the molecule is Cc1cc(Oc2ccc(CCO)cc2)c(C(N)=O)c(C)n1. The van der Waals surface area contributed by atoms with Crippen molar-refractivity contribution in [1.29, 1.82) is 0 Å². The van der Waals surface area contributed by atoms with Gasteiger partial charge in [0.1, 0.15) is 17.1 Å². The third kappa shape index (κ3) is 3.58. The molecule has 5 nitrogen and oxygen atoms in total. The molecule has 0 radical (unpaired) electrons. The van der Waals surface area contributed by atoms with Crippen LogP contribution >= 0.6 is 0 Å². The zero-order chi connectivity index (χ0) is 15.4. The first-order valence-corrected chi connectivity index (χ1v) is 6.67. The van der Waals surface area contributed by atoms with Crippen molar-refractivity contribution in [2.75, 3.05) is 6.61 Å². The van der Waals surface area contributed by atoms with E-state index < -0.39 is 5.91 Å². The van der Waals surface area contributed by atoms with Gasteiger partial charge in [-0.05, 0) is 38.0 Å². The number of pyridine rings is 1. The van der Waals surface area contributed by atoms with E-state index in [-0.39, 0.29) is 6.61 Å². The molecular formula is C16H18N2O3. The smallest absolute Gasteiger partial charge is 0.254 e. The summed E-state index contributed by atoms with van der Waals surface area (Å²) in [4.78, 5) is 15.8. The molecule has 3 N–H and O–H groups in total. The number of hydrogen-bond acceptors (Lipinski definition) is 4. The van der Waals surface area contributed by atoms with Crippen molar-refractivity contribution in [3.8, 4) is 11.5 Å². The highest BCUT2D eigenvalue weighted by Crippen LogP contribution is 2.27. The molecule has 0 aliphatic rings. The number of primary amides is 1. The van der Waals surface area contributed by atoms with Gasteiger partial charge in [-0.15, -0.1) is 0 Å². The Morgan fingerprint density at radius 2 is 1.95 bits per heavy atom. The Bertz CT molecular complexity index is 651. The lowest BCUT2D eigenvalue weighted by molar-refractivity contribution is 0.0997. The summed E-state index contributed by atoms with van der Waals surface area (Å²) in [5.74, 6) is 0.443. The predicted molar refractivity (Wildman–Crippen MR) is 79.5 cm³/mol. The molecule has 21 heavy (non-hydrogen) atoms. The Kier molecular flexibility index (Phi) is 4.55. The molecule has 1 heterocycles. The fraction of sp³-hybridized carbons (Fsp3) is 0.250. The first-order chi connectivity index (χ1) is 10.0. The summed E-state index contributed by atoms with van der Waals surface area (Å²) in [7, 11) is 0. The second kappa shape index (κ2) is 6.37. The average molecular weight is 286 g/mol. The van der Waals surface area contributed by atoms with Gasteiger partial charge in [0.05, 0.1) is 5.69 Å². The normalized spacial score (nSPS) is 10.4. The molecule has 0 bridgehead atoms. The van der Waals surface area contributed by atoms with Crippen molar-refractivity contribution in [2.24, 2.45) is 5.73 Å². The highest BCUT2D eigenvalue weighted by molar-refractivity contribution is 5.96. The number of nitrogens with two attached hydrogens (primary N) is 1. The van der Waals surface area contributed by atoms with E-state index in [1.165, 1.54) is 0 Å². The van der Waals surface area contributed by atoms with Gasteiger partial charge in [-0.25, -0.2) is 0 Å². The molecule has 2 rings (SSSR count). The van der Waals surface area contributed by atoms with Gasteiger partial charge in [0, 0.05) is 18.4 Å². The van der Waals surface area contributed by atoms with Crippen molar-refractivity contribution in [3.63, 3.8) is 0 Å². The Hall–Kier alpha value is -2.40. The number of hydrogen-bond donors (Lipinski definition) is 2. The highest BCUT2D eigenvalue weighted by Gasteiger charge is 2.15. The van der Waals surface area contributed by atoms with Crippen LogP contribution in [0.2, 0.25) is 0 Å². The predicted octanol–water partition coefficient (Wildman–Crippen LogP) is 2.12. The lowest BCUT2D eigenvalue weighted by Gasteiger charge is -2.12. The van der Waals surface area contributed by atoms with Crippen molar-refractivity contribution in [2.45, 2.75) is 20.3 Å². The van der Waals surface area contributed by atoms with E-state index in [2.05, 4.69) is 4.98 Å². The molecule has 1 amide bonds. The number of carbonyl (C=O) groups excluding carboxylic acids is 1. The molecule has 1 aromatic carbocycles. The fourth-order valence-corrected chi connectivity index (χ4v) is 2.15. The molecule has 0 aliphatic carbocycles. The van der Waals surface area contributed by atoms with Crippen LogP contribution in [-0.2, 0) is 6.42 Å². The third-order valence-corrected chi connectivity index (χ3v) is 3.09. The summed E-state index contributed by atoms with van der Waals surface area (Å²) >= 11 is 0. The van der Waals surface area contributed by atoms with Gasteiger partial charge >= 0.3 is 0 Å². The van der Waals surface area contributed by atoms with E-state index in [0.717, 1.165) is 11.3 Å². The molecule has 1 aromatic heterocycles. The van der Waals surface area contributed by atoms with E-state index in [9.17, 15) is 4.79 Å². The topological polar surface area (TPSA) is 85.4 Å². The van der Waals surface area contributed by atoms with Crippen LogP contribution in [0.25, 0.3) is 0 Å². The van der Waals surface area contributed by atoms with E-state index >= 15 is 0 Å². The Morgan fingerprint density at radius 1 is 1.29 bits per heavy atom. The highest BCUT2D eigenvalue weighted by atomic mass is 16.5. The quantitative estimate of drug-likeness (QED) is 0.881. The third-order valence-electron chi connectivity index (χ3n) is 3.09. The van der Waals surface area contributed by atoms with Gasteiger partial charge in [-0.3, -0.25) is 9.78 Å². The zero-order valence-electron chi connectivity index (χ0n) is 12.1. The number of aliphatic hydroxyl groups is 1. The van der Waals surface area contributed by atoms with Crippen LogP contribution in [0.1, 0.15) is 27.3 Å². The molecule has 0 spiro atoms. The van der Waals surface area contributed by atoms with Gasteiger partial charge in [-0.2, -0.15) is 0 Å². The summed E-state index contributed by atoms with van der Waals surface area (Å²) in [6, 6.07) is 9.02. The lowest BCUT2D eigenvalue weighted by atomic mass is 10.1. The number of aryl methyl sites for hydroxylation is 2. The molecule has 0 saturated heterocycles. The summed E-state index contributed by atoms with van der Waals surface area (Å²) in [5, 5.41) is 8.89. The van der Waals surface area contributed by atoms with Crippen LogP contribution in [-0.4, -0.2) is 22.6 Å². The lowest BCUT2D eigenvalue weighted by Crippen LogP contribution is -2.15. The Balaban J connectivity index is 2.32. The summed E-state index contributed by atoms with van der Waals surface area (Å²) < 4.78 is 5.76. The van der Waals surface area contributed by atoms with Crippen LogP contribution < -0.4 is 10.5 Å². The average Bonchev–Trinajstić information content (AvgIpc) is 2.40. The van der Waals surface area contributed by atoms with E-state index in [4.69, 9.17) is 15.6 Å². The van der Waals surface area contributed by atoms with Crippen LogP contribution in [0.3, 0.4) is 0 Å². The number of aromatic nitrogens is 1. The van der Waals surface area contributed by atoms with Gasteiger partial charge in [0.15, 0.2) is 0 Å². The van der Waals surface area contributed by atoms with Crippen molar-refractivity contribution in [1.82, 2.24) is 4.98 Å². The number of rotatable bonds is 5. The summed E-state index contributed by atoms with van der Waals surface area (Å²) in [5.41, 5.74) is 8.01. The van der Waals surface area contributed by atoms with Crippen molar-refractivity contribution >= 4 is 5.91 Å². The largest absolute Gasteiger partial charge is 0.456 e. The summed E-state index contributed by atoms with van der Waals surface area (Å²) in [6.45, 7) is 3.66. The minimum absolute atomic E-state index is 0.106. The Labute approximate surface area is 123 Å². The number of nitrogens with zero attached hydrogens (tertiary/aromatic N) is 1. The maximum Gasteiger partial charge on any atom is 0.254 e. The molecule has 2 aromatic rings. The first-order valence-electron chi connectivity index (χ1n) is 6.67. The van der Waals surface area contributed by atoms with E-state index in [1.807, 2.05) is 19.1 Å². The van der Waals surface area contributed by atoms with Crippen LogP contribution in [0.15, 0.2) is 30.3 Å². The molecule has 0 aliphatic heterocycles. The van der Waals surface area contributed by atoms with Gasteiger partial charge < -0.3 is 15.6 Å². The monoisotopic (exact) mass is 286 g/mol. The standard InChI is InChI=1S/C16H18N2O3/c1-10-9-14(15(16(17)20)11(2)18-10)21-13-5-3-12(4-6-13)7-8-19/h3-6,9,19H,7-8H2,1-2H3,(H2,17,20). The zero-order valence-corrected chi connectivity index (χ0v) is 12.1. The molecule has 0 fully saturated rings.